The molecule has 1 aliphatic heterocycles. The summed E-state index contributed by atoms with van der Waals surface area (Å²) < 4.78 is 6.66. The number of aliphatic hydroxyl groups is 1. The molecule has 0 aromatic heterocycles. The lowest BCUT2D eigenvalue weighted by Crippen LogP contribution is -2.52. The molecule has 1 heterocycles. The van der Waals surface area contributed by atoms with Crippen molar-refractivity contribution in [2.75, 3.05) is 0 Å². The minimum absolute atomic E-state index is 0.120. The highest BCUT2D eigenvalue weighted by Crippen LogP contribution is 2.68. The lowest BCUT2D eigenvalue weighted by molar-refractivity contribution is -0.0809. The van der Waals surface area contributed by atoms with Crippen molar-refractivity contribution in [3.63, 3.8) is 0 Å². The van der Waals surface area contributed by atoms with Gasteiger partial charge in [-0.15, -0.1) is 0 Å². The maximum absolute atomic E-state index is 11.1. The summed E-state index contributed by atoms with van der Waals surface area (Å²) in [6.07, 6.45) is 25.1. The van der Waals surface area contributed by atoms with E-state index in [9.17, 15) is 5.11 Å². The van der Waals surface area contributed by atoms with Crippen LogP contribution in [0.25, 0.3) is 0 Å². The molecule has 1 N–H and O–H groups in total. The fourth-order valence-corrected chi connectivity index (χ4v) is 10.4. The van der Waals surface area contributed by atoms with E-state index in [-0.39, 0.29) is 11.2 Å². The third-order valence-electron chi connectivity index (χ3n) is 12.6. The first-order chi connectivity index (χ1) is 16.3. The van der Waals surface area contributed by atoms with Crippen LogP contribution in [0, 0.1) is 34.5 Å². The van der Waals surface area contributed by atoms with Crippen LogP contribution in [0.2, 0.25) is 0 Å². The van der Waals surface area contributed by atoms with Crippen LogP contribution in [0.15, 0.2) is 12.2 Å². The van der Waals surface area contributed by atoms with Gasteiger partial charge in [0, 0.05) is 5.41 Å². The molecule has 7 atom stereocenters. The van der Waals surface area contributed by atoms with E-state index in [2.05, 4.69) is 13.8 Å². The predicted octanol–water partition coefficient (Wildman–Crippen LogP) is 8.37. The fraction of sp³-hybridized carbons (Fsp3) is 0.938. The highest BCUT2D eigenvalue weighted by atomic mass is 16.6. The van der Waals surface area contributed by atoms with Gasteiger partial charge in [-0.2, -0.15) is 0 Å². The summed E-state index contributed by atoms with van der Waals surface area (Å²) in [5.41, 5.74) is 2.24. The Kier molecular flexibility index (Phi) is 6.08. The zero-order valence-electron chi connectivity index (χ0n) is 22.4. The minimum atomic E-state index is -0.358. The van der Waals surface area contributed by atoms with Crippen LogP contribution < -0.4 is 0 Å². The molecule has 1 spiro atoms. The number of rotatable bonds is 4. The number of ether oxygens (including phenoxy) is 1. The Hall–Kier alpha value is -0.340. The van der Waals surface area contributed by atoms with E-state index in [1.54, 1.807) is 5.57 Å². The van der Waals surface area contributed by atoms with Gasteiger partial charge in [-0.05, 0) is 119 Å². The summed E-state index contributed by atoms with van der Waals surface area (Å²) in [6, 6.07) is 0. The van der Waals surface area contributed by atoms with Crippen LogP contribution in [0.1, 0.15) is 136 Å². The highest BCUT2D eigenvalue weighted by Gasteiger charge is 2.66. The van der Waals surface area contributed by atoms with Crippen LogP contribution in [-0.2, 0) is 4.74 Å². The van der Waals surface area contributed by atoms with E-state index in [1.807, 2.05) is 0 Å². The molecule has 0 aromatic rings. The second-order valence-corrected chi connectivity index (χ2v) is 14.7. The molecule has 6 aliphatic rings. The molecule has 5 saturated carbocycles. The zero-order chi connectivity index (χ0) is 23.6. The monoisotopic (exact) mass is 468 g/mol. The summed E-state index contributed by atoms with van der Waals surface area (Å²) >= 11 is 0. The number of epoxide rings is 1. The molecule has 2 nitrogen and oxygen atoms in total. The second-order valence-electron chi connectivity index (χ2n) is 14.7. The zero-order valence-corrected chi connectivity index (χ0v) is 22.4. The second kappa shape index (κ2) is 8.61. The van der Waals surface area contributed by atoms with Crippen LogP contribution in [0.3, 0.4) is 0 Å². The summed E-state index contributed by atoms with van der Waals surface area (Å²) in [6.45, 7) is 9.90. The Bertz CT molecular complexity index is 776. The summed E-state index contributed by atoms with van der Waals surface area (Å²) in [5.74, 6) is 3.34. The van der Waals surface area contributed by atoms with Gasteiger partial charge in [-0.25, -0.2) is 0 Å². The normalized spacial score (nSPS) is 48.9. The van der Waals surface area contributed by atoms with E-state index in [0.29, 0.717) is 16.9 Å². The van der Waals surface area contributed by atoms with Crippen LogP contribution in [0.5, 0.6) is 0 Å². The van der Waals surface area contributed by atoms with E-state index in [0.717, 1.165) is 42.9 Å². The molecule has 6 fully saturated rings. The molecule has 0 aromatic carbocycles. The topological polar surface area (TPSA) is 32.8 Å². The Morgan fingerprint density at radius 3 is 2.38 bits per heavy atom. The lowest BCUT2D eigenvalue weighted by Gasteiger charge is -2.59. The van der Waals surface area contributed by atoms with Crippen molar-refractivity contribution in [3.8, 4) is 0 Å². The van der Waals surface area contributed by atoms with Crippen molar-refractivity contribution in [1.29, 1.82) is 0 Å². The van der Waals surface area contributed by atoms with Crippen molar-refractivity contribution in [1.82, 2.24) is 0 Å². The Balaban J connectivity index is 1.14. The van der Waals surface area contributed by atoms with Gasteiger partial charge in [0.2, 0.25) is 0 Å². The van der Waals surface area contributed by atoms with Gasteiger partial charge in [0.25, 0.3) is 0 Å². The van der Waals surface area contributed by atoms with Crippen LogP contribution in [-0.4, -0.2) is 22.4 Å². The molecule has 1 saturated heterocycles. The van der Waals surface area contributed by atoms with Gasteiger partial charge in [-0.1, -0.05) is 57.6 Å². The predicted molar refractivity (Wildman–Crippen MR) is 140 cm³/mol. The average Bonchev–Trinajstić information content (AvgIpc) is 3.33. The van der Waals surface area contributed by atoms with Gasteiger partial charge in [0.15, 0.2) is 0 Å². The molecule has 34 heavy (non-hydrogen) atoms. The largest absolute Gasteiger partial charge is 0.390 e. The van der Waals surface area contributed by atoms with Gasteiger partial charge in [-0.3, -0.25) is 0 Å². The first-order valence-corrected chi connectivity index (χ1v) is 15.3. The smallest absolute Gasteiger partial charge is 0.0930 e. The Morgan fingerprint density at radius 2 is 1.62 bits per heavy atom. The molecular weight excluding hydrogens is 416 g/mol. The quantitative estimate of drug-likeness (QED) is 0.332. The molecule has 0 amide bonds. The van der Waals surface area contributed by atoms with E-state index >= 15 is 0 Å². The molecule has 0 radical (unpaired) electrons. The average molecular weight is 469 g/mol. The van der Waals surface area contributed by atoms with Crippen molar-refractivity contribution in [3.05, 3.63) is 12.2 Å². The van der Waals surface area contributed by atoms with E-state index in [1.165, 1.54) is 103 Å². The maximum atomic E-state index is 11.1. The maximum Gasteiger partial charge on any atom is 0.0930 e. The van der Waals surface area contributed by atoms with E-state index in [4.69, 9.17) is 11.3 Å². The molecular formula is C32H52O2. The van der Waals surface area contributed by atoms with Crippen LogP contribution >= 0.6 is 0 Å². The number of hydrogen-bond acceptors (Lipinski definition) is 2. The number of allylic oxidation sites excluding steroid dienone is 1. The molecule has 6 rings (SSSR count). The summed E-state index contributed by atoms with van der Waals surface area (Å²) in [7, 11) is 0. The number of hydrogen-bond donors (Lipinski definition) is 1. The van der Waals surface area contributed by atoms with Crippen molar-refractivity contribution < 1.29 is 9.84 Å². The minimum Gasteiger partial charge on any atom is -0.390 e. The molecule has 0 bridgehead atoms. The van der Waals surface area contributed by atoms with E-state index < -0.39 is 0 Å². The highest BCUT2D eigenvalue weighted by molar-refractivity contribution is 5.23. The standard InChI is InChI=1S/C32H52O2/c1-23-20-31(18-12-24(21-31)13-19-32(33)15-8-5-9-16-32)28-30(3,34-28)17-14-27-26(23)22-29(27,2)25-10-6-4-7-11-25/h24-28,33H,1,4-22H2,2-3H3/t24-,26+,27+,28+,29-,30+,31+/m0/s1. The fourth-order valence-electron chi connectivity index (χ4n) is 10.4. The summed E-state index contributed by atoms with van der Waals surface area (Å²) in [5, 5.41) is 11.1. The molecule has 2 heteroatoms. The Morgan fingerprint density at radius 1 is 0.882 bits per heavy atom. The molecule has 192 valence electrons. The first-order valence-electron chi connectivity index (χ1n) is 15.3. The van der Waals surface area contributed by atoms with Crippen LogP contribution in [0.4, 0.5) is 0 Å². The SMILES string of the molecule is C=C1C[C@@]2(CC[C@@H](CCC3(O)CCCCC3)C2)[C@@H]2O[C@]2(C)CC[C@@H]2[C@@H]1C[C@@]2(C)C1CCCCC1. The Labute approximate surface area is 209 Å². The van der Waals surface area contributed by atoms with Gasteiger partial charge in [0.1, 0.15) is 0 Å². The third-order valence-corrected chi connectivity index (χ3v) is 12.6. The third kappa shape index (κ3) is 4.06. The molecule has 0 unspecified atom stereocenters. The van der Waals surface area contributed by atoms with Crippen molar-refractivity contribution in [2.24, 2.45) is 34.5 Å². The van der Waals surface area contributed by atoms with Gasteiger partial charge >= 0.3 is 0 Å². The van der Waals surface area contributed by atoms with Gasteiger partial charge < -0.3 is 9.84 Å². The van der Waals surface area contributed by atoms with Crippen molar-refractivity contribution >= 4 is 0 Å². The van der Waals surface area contributed by atoms with Crippen molar-refractivity contribution in [2.45, 2.75) is 153 Å². The first kappa shape index (κ1) is 24.0. The summed E-state index contributed by atoms with van der Waals surface area (Å²) in [4.78, 5) is 0. The van der Waals surface area contributed by atoms with Gasteiger partial charge in [0.05, 0.1) is 17.3 Å². The lowest BCUT2D eigenvalue weighted by atomic mass is 9.45. The molecule has 5 aliphatic carbocycles. The number of fused-ring (bicyclic) bond motifs is 3.